The maximum Gasteiger partial charge on any atom is 0.212 e. The molecule has 4 rings (SSSR count). The first-order valence-corrected chi connectivity index (χ1v) is 8.60. The zero-order valence-electron chi connectivity index (χ0n) is 12.0. The summed E-state index contributed by atoms with van der Waals surface area (Å²) in [6.07, 6.45) is 0. The van der Waals surface area contributed by atoms with E-state index in [1.165, 1.54) is 18.2 Å². The number of nitrogens with one attached hydrogen (secondary N) is 1. The van der Waals surface area contributed by atoms with E-state index in [4.69, 9.17) is 0 Å². The smallest absolute Gasteiger partial charge is 0.212 e. The first-order valence-electron chi connectivity index (χ1n) is 7.11. The largest absolute Gasteiger partial charge is 0.506 e. The molecule has 0 saturated carbocycles. The van der Waals surface area contributed by atoms with Crippen molar-refractivity contribution in [3.05, 3.63) is 66.7 Å². The topological polar surface area (TPSA) is 70.2 Å². The van der Waals surface area contributed by atoms with Crippen LogP contribution in [0.3, 0.4) is 0 Å². The third-order valence-corrected chi connectivity index (χ3v) is 5.78. The fraction of sp³-hybridized carbons (Fsp3) is 0. The van der Waals surface area contributed by atoms with Gasteiger partial charge in [-0.25, -0.2) is 8.42 Å². The van der Waals surface area contributed by atoms with Gasteiger partial charge in [-0.05, 0) is 30.3 Å². The summed E-state index contributed by atoms with van der Waals surface area (Å²) in [4.78, 5) is 3.19. The number of rotatable bonds is 2. The Labute approximate surface area is 132 Å². The van der Waals surface area contributed by atoms with Crippen LogP contribution in [0.2, 0.25) is 0 Å². The number of sulfone groups is 1. The van der Waals surface area contributed by atoms with E-state index in [1.807, 2.05) is 24.3 Å². The summed E-state index contributed by atoms with van der Waals surface area (Å²) >= 11 is 0. The van der Waals surface area contributed by atoms with Gasteiger partial charge in [-0.3, -0.25) is 0 Å². The fourth-order valence-electron chi connectivity index (χ4n) is 2.87. The van der Waals surface area contributed by atoms with Gasteiger partial charge in [0.05, 0.1) is 10.4 Å². The van der Waals surface area contributed by atoms with Crippen molar-refractivity contribution in [1.82, 2.24) is 4.98 Å². The number of phenols is 1. The molecule has 1 heterocycles. The van der Waals surface area contributed by atoms with Crippen LogP contribution in [0.4, 0.5) is 0 Å². The highest BCUT2D eigenvalue weighted by molar-refractivity contribution is 7.91. The molecular weight excluding hydrogens is 310 g/mol. The number of para-hydroxylation sites is 1. The van der Waals surface area contributed by atoms with E-state index in [0.29, 0.717) is 5.52 Å². The average Bonchev–Trinajstić information content (AvgIpc) is 2.93. The van der Waals surface area contributed by atoms with Gasteiger partial charge in [-0.15, -0.1) is 0 Å². The Morgan fingerprint density at radius 2 is 1.48 bits per heavy atom. The summed E-state index contributed by atoms with van der Waals surface area (Å²) in [7, 11) is -3.83. The van der Waals surface area contributed by atoms with Gasteiger partial charge in [0, 0.05) is 16.3 Å². The normalized spacial score (nSPS) is 12.0. The molecule has 4 aromatic rings. The van der Waals surface area contributed by atoms with Gasteiger partial charge in [-0.1, -0.05) is 36.4 Å². The Morgan fingerprint density at radius 3 is 2.26 bits per heavy atom. The Hall–Kier alpha value is -2.79. The lowest BCUT2D eigenvalue weighted by atomic mass is 10.1. The Morgan fingerprint density at radius 1 is 0.783 bits per heavy atom. The minimum atomic E-state index is -3.83. The number of phenolic OH excluding ortho intramolecular Hbond substituents is 1. The number of aromatic hydroxyl groups is 1. The van der Waals surface area contributed by atoms with E-state index in [2.05, 4.69) is 4.98 Å². The van der Waals surface area contributed by atoms with E-state index in [9.17, 15) is 13.5 Å². The maximum absolute atomic E-state index is 13.0. The van der Waals surface area contributed by atoms with Crippen LogP contribution in [-0.2, 0) is 9.84 Å². The van der Waals surface area contributed by atoms with Crippen LogP contribution in [0, 0.1) is 0 Å². The van der Waals surface area contributed by atoms with Crippen LogP contribution in [-0.4, -0.2) is 18.5 Å². The molecule has 0 radical (unpaired) electrons. The molecule has 0 aliphatic heterocycles. The molecule has 0 bridgehead atoms. The van der Waals surface area contributed by atoms with Gasteiger partial charge in [0.25, 0.3) is 0 Å². The Kier molecular flexibility index (Phi) is 2.92. The first kappa shape index (κ1) is 13.8. The minimum absolute atomic E-state index is 0.0857. The van der Waals surface area contributed by atoms with Crippen molar-refractivity contribution in [3.63, 3.8) is 0 Å². The number of aromatic amines is 1. The summed E-state index contributed by atoms with van der Waals surface area (Å²) in [6, 6.07) is 18.9. The molecule has 4 nitrogen and oxygen atoms in total. The van der Waals surface area contributed by atoms with Gasteiger partial charge >= 0.3 is 0 Å². The lowest BCUT2D eigenvalue weighted by Crippen LogP contribution is -2.03. The zero-order valence-corrected chi connectivity index (χ0v) is 12.8. The Balaban J connectivity index is 2.13. The van der Waals surface area contributed by atoms with Crippen LogP contribution in [0.5, 0.6) is 5.75 Å². The molecule has 0 aliphatic carbocycles. The van der Waals surface area contributed by atoms with Crippen molar-refractivity contribution in [1.29, 1.82) is 0 Å². The molecule has 0 saturated heterocycles. The molecule has 114 valence electrons. The number of aromatic nitrogens is 1. The van der Waals surface area contributed by atoms with Crippen LogP contribution >= 0.6 is 0 Å². The lowest BCUT2D eigenvalue weighted by molar-refractivity contribution is 0.460. The van der Waals surface area contributed by atoms with Crippen LogP contribution in [0.1, 0.15) is 0 Å². The van der Waals surface area contributed by atoms with Crippen LogP contribution in [0.25, 0.3) is 21.8 Å². The quantitative estimate of drug-likeness (QED) is 0.588. The second kappa shape index (κ2) is 4.86. The summed E-state index contributed by atoms with van der Waals surface area (Å²) in [6.45, 7) is 0. The molecule has 3 aromatic carbocycles. The molecule has 0 fully saturated rings. The van der Waals surface area contributed by atoms with E-state index >= 15 is 0 Å². The van der Waals surface area contributed by atoms with Crippen LogP contribution < -0.4 is 0 Å². The van der Waals surface area contributed by atoms with Crippen molar-refractivity contribution >= 4 is 31.6 Å². The molecule has 0 spiro atoms. The molecule has 0 unspecified atom stereocenters. The van der Waals surface area contributed by atoms with Crippen molar-refractivity contribution in [2.24, 2.45) is 0 Å². The lowest BCUT2D eigenvalue weighted by Gasteiger charge is -2.08. The fourth-order valence-corrected chi connectivity index (χ4v) is 4.40. The number of benzene rings is 3. The predicted octanol–water partition coefficient (Wildman–Crippen LogP) is 3.86. The van der Waals surface area contributed by atoms with E-state index in [1.54, 1.807) is 24.3 Å². The SMILES string of the molecule is O=S(=O)(c1ccccc1)c1c(O)ccc2c1[nH]c1ccccc12. The van der Waals surface area contributed by atoms with Crippen molar-refractivity contribution in [3.8, 4) is 5.75 Å². The average molecular weight is 323 g/mol. The number of hydrogen-bond acceptors (Lipinski definition) is 3. The third kappa shape index (κ3) is 2.01. The summed E-state index contributed by atoms with van der Waals surface area (Å²) < 4.78 is 25.9. The molecule has 0 atom stereocenters. The molecular formula is C18H13NO3S. The van der Waals surface area contributed by atoms with Crippen molar-refractivity contribution in [2.75, 3.05) is 0 Å². The predicted molar refractivity (Wildman–Crippen MR) is 89.4 cm³/mol. The van der Waals surface area contributed by atoms with Gasteiger partial charge in [0.1, 0.15) is 10.6 Å². The van der Waals surface area contributed by atoms with E-state index in [-0.39, 0.29) is 15.5 Å². The Bertz CT molecular complexity index is 1130. The number of hydrogen-bond donors (Lipinski definition) is 2. The first-order chi connectivity index (χ1) is 11.1. The van der Waals surface area contributed by atoms with Gasteiger partial charge in [0.2, 0.25) is 9.84 Å². The monoisotopic (exact) mass is 323 g/mol. The molecule has 2 N–H and O–H groups in total. The summed E-state index contributed by atoms with van der Waals surface area (Å²) in [5.41, 5.74) is 1.26. The van der Waals surface area contributed by atoms with Crippen molar-refractivity contribution < 1.29 is 13.5 Å². The number of fused-ring (bicyclic) bond motifs is 3. The van der Waals surface area contributed by atoms with Crippen molar-refractivity contribution in [2.45, 2.75) is 9.79 Å². The van der Waals surface area contributed by atoms with Crippen LogP contribution in [0.15, 0.2) is 76.5 Å². The highest BCUT2D eigenvalue weighted by atomic mass is 32.2. The second-order valence-corrected chi connectivity index (χ2v) is 7.21. The molecule has 0 aliphatic rings. The molecule has 0 amide bonds. The second-order valence-electron chi connectivity index (χ2n) is 5.32. The van der Waals surface area contributed by atoms with Gasteiger partial charge in [-0.2, -0.15) is 0 Å². The molecule has 5 heteroatoms. The number of H-pyrrole nitrogens is 1. The highest BCUT2D eigenvalue weighted by Gasteiger charge is 2.25. The summed E-state index contributed by atoms with van der Waals surface area (Å²) in [5, 5.41) is 11.9. The van der Waals surface area contributed by atoms with E-state index in [0.717, 1.165) is 16.3 Å². The minimum Gasteiger partial charge on any atom is -0.506 e. The standard InChI is InChI=1S/C18H13NO3S/c20-16-11-10-14-13-8-4-5-9-15(13)19-17(14)18(16)23(21,22)12-6-2-1-3-7-12/h1-11,19-20H. The molecule has 1 aromatic heterocycles. The third-order valence-electron chi connectivity index (χ3n) is 3.94. The maximum atomic E-state index is 13.0. The van der Waals surface area contributed by atoms with Gasteiger partial charge < -0.3 is 10.1 Å². The summed E-state index contributed by atoms with van der Waals surface area (Å²) in [5.74, 6) is -0.257. The zero-order chi connectivity index (χ0) is 16.0. The highest BCUT2D eigenvalue weighted by Crippen LogP contribution is 2.37. The van der Waals surface area contributed by atoms with E-state index < -0.39 is 9.84 Å². The molecule has 23 heavy (non-hydrogen) atoms. The van der Waals surface area contributed by atoms with Gasteiger partial charge in [0.15, 0.2) is 0 Å².